The minimum atomic E-state index is -0.216. The zero-order valence-corrected chi connectivity index (χ0v) is 19.2. The van der Waals surface area contributed by atoms with Gasteiger partial charge in [-0.2, -0.15) is 0 Å². The molecule has 0 saturated carbocycles. The highest BCUT2D eigenvalue weighted by atomic mass is 16.5. The van der Waals surface area contributed by atoms with E-state index in [4.69, 9.17) is 14.2 Å². The number of guanidine groups is 1. The molecule has 1 amide bonds. The molecule has 0 bridgehead atoms. The average molecular weight is 441 g/mol. The van der Waals surface area contributed by atoms with Gasteiger partial charge in [-0.15, -0.1) is 0 Å². The molecule has 8 heteroatoms. The molecule has 2 aromatic carbocycles. The fraction of sp³-hybridized carbons (Fsp3) is 0.417. The van der Waals surface area contributed by atoms with Gasteiger partial charge in [-0.3, -0.25) is 20.0 Å². The van der Waals surface area contributed by atoms with Gasteiger partial charge in [-0.1, -0.05) is 6.07 Å². The number of rotatable bonds is 7. The molecule has 1 saturated heterocycles. The average Bonchev–Trinajstić information content (AvgIpc) is 2.81. The Labute approximate surface area is 189 Å². The number of ether oxygens (including phenoxy) is 3. The van der Waals surface area contributed by atoms with Crippen LogP contribution in [0.1, 0.15) is 21.5 Å². The van der Waals surface area contributed by atoms with Crippen molar-refractivity contribution in [1.29, 1.82) is 0 Å². The Bertz CT molecular complexity index is 955. The van der Waals surface area contributed by atoms with E-state index < -0.39 is 0 Å². The molecule has 0 unspecified atom stereocenters. The monoisotopic (exact) mass is 440 g/mol. The van der Waals surface area contributed by atoms with Gasteiger partial charge in [0.15, 0.2) is 11.5 Å². The molecular weight excluding hydrogens is 408 g/mol. The zero-order valence-electron chi connectivity index (χ0n) is 19.2. The predicted molar refractivity (Wildman–Crippen MR) is 126 cm³/mol. The van der Waals surface area contributed by atoms with E-state index >= 15 is 0 Å². The largest absolute Gasteiger partial charge is 0.493 e. The fourth-order valence-electron chi connectivity index (χ4n) is 3.35. The van der Waals surface area contributed by atoms with Crippen molar-refractivity contribution in [3.05, 3.63) is 53.1 Å². The molecule has 32 heavy (non-hydrogen) atoms. The van der Waals surface area contributed by atoms with Gasteiger partial charge in [0.05, 0.1) is 34.0 Å². The molecule has 0 aliphatic carbocycles. The summed E-state index contributed by atoms with van der Waals surface area (Å²) in [6, 6.07) is 11.1. The highest BCUT2D eigenvalue weighted by molar-refractivity contribution is 6.10. The summed E-state index contributed by atoms with van der Waals surface area (Å²) in [7, 11) is 3.17. The summed E-state index contributed by atoms with van der Waals surface area (Å²) >= 11 is 0. The molecule has 1 fully saturated rings. The van der Waals surface area contributed by atoms with Crippen molar-refractivity contribution in [1.82, 2.24) is 10.2 Å². The third-order valence-electron chi connectivity index (χ3n) is 5.44. The summed E-state index contributed by atoms with van der Waals surface area (Å²) in [6.07, 6.45) is 0. The standard InChI is InChI=1S/C24H32N4O4/c1-17-5-6-19(15-18(17)2)23(29)27-24(25-9-10-28-11-13-32-14-12-28)26-20-7-8-21(30-3)22(16-20)31-4/h5-8,15-16H,9-14H2,1-4H3,(H2,25,26,27,29). The summed E-state index contributed by atoms with van der Waals surface area (Å²) in [5, 5.41) is 6.13. The van der Waals surface area contributed by atoms with Crippen molar-refractivity contribution in [2.45, 2.75) is 13.8 Å². The summed E-state index contributed by atoms with van der Waals surface area (Å²) < 4.78 is 16.1. The van der Waals surface area contributed by atoms with Crippen LogP contribution in [0.2, 0.25) is 0 Å². The Morgan fingerprint density at radius 3 is 2.47 bits per heavy atom. The number of morpholine rings is 1. The first kappa shape index (κ1) is 23.6. The van der Waals surface area contributed by atoms with E-state index in [-0.39, 0.29) is 5.91 Å². The van der Waals surface area contributed by atoms with Crippen LogP contribution in [0.3, 0.4) is 0 Å². The number of nitrogens with zero attached hydrogens (tertiary/aromatic N) is 2. The Morgan fingerprint density at radius 2 is 1.78 bits per heavy atom. The van der Waals surface area contributed by atoms with Crippen LogP contribution in [-0.2, 0) is 4.74 Å². The SMILES string of the molecule is COc1ccc(NC(=NCCN2CCOCC2)NC(=O)c2ccc(C)c(C)c2)cc1OC. The number of aryl methyl sites for hydroxylation is 2. The minimum absolute atomic E-state index is 0.216. The summed E-state index contributed by atoms with van der Waals surface area (Å²) in [6.45, 7) is 8.61. The lowest BCUT2D eigenvalue weighted by Crippen LogP contribution is -2.39. The van der Waals surface area contributed by atoms with Gasteiger partial charge in [-0.05, 0) is 49.2 Å². The highest BCUT2D eigenvalue weighted by Crippen LogP contribution is 2.29. The van der Waals surface area contributed by atoms with Crippen LogP contribution in [0.25, 0.3) is 0 Å². The molecule has 172 valence electrons. The lowest BCUT2D eigenvalue weighted by Gasteiger charge is -2.25. The van der Waals surface area contributed by atoms with Crippen LogP contribution < -0.4 is 20.1 Å². The quantitative estimate of drug-likeness (QED) is 0.509. The maximum absolute atomic E-state index is 12.9. The first-order valence-corrected chi connectivity index (χ1v) is 10.7. The second-order valence-electron chi connectivity index (χ2n) is 7.63. The third kappa shape index (κ3) is 6.45. The number of anilines is 1. The second kappa shape index (κ2) is 11.5. The topological polar surface area (TPSA) is 84.4 Å². The minimum Gasteiger partial charge on any atom is -0.493 e. The van der Waals surface area contributed by atoms with Crippen LogP contribution >= 0.6 is 0 Å². The molecular formula is C24H32N4O4. The fourth-order valence-corrected chi connectivity index (χ4v) is 3.35. The number of carbonyl (C=O) groups is 1. The van der Waals surface area contributed by atoms with Crippen molar-refractivity contribution < 1.29 is 19.0 Å². The molecule has 8 nitrogen and oxygen atoms in total. The van der Waals surface area contributed by atoms with Gasteiger partial charge >= 0.3 is 0 Å². The number of methoxy groups -OCH3 is 2. The van der Waals surface area contributed by atoms with Gasteiger partial charge in [-0.25, -0.2) is 0 Å². The Hall–Kier alpha value is -3.10. The van der Waals surface area contributed by atoms with E-state index in [9.17, 15) is 4.79 Å². The molecule has 1 heterocycles. The van der Waals surface area contributed by atoms with Crippen LogP contribution in [0, 0.1) is 13.8 Å². The molecule has 0 aromatic heterocycles. The Balaban J connectivity index is 1.75. The lowest BCUT2D eigenvalue weighted by molar-refractivity contribution is 0.0394. The number of carbonyl (C=O) groups excluding carboxylic acids is 1. The zero-order chi connectivity index (χ0) is 22.9. The van der Waals surface area contributed by atoms with Crippen LogP contribution in [-0.4, -0.2) is 70.4 Å². The summed E-state index contributed by atoms with van der Waals surface area (Å²) in [5.41, 5.74) is 3.52. The van der Waals surface area contributed by atoms with Crippen LogP contribution in [0.5, 0.6) is 11.5 Å². The second-order valence-corrected chi connectivity index (χ2v) is 7.63. The van der Waals surface area contributed by atoms with Crippen LogP contribution in [0.15, 0.2) is 41.4 Å². The van der Waals surface area contributed by atoms with E-state index in [1.807, 2.05) is 38.1 Å². The number of nitrogens with one attached hydrogen (secondary N) is 2. The van der Waals surface area contributed by atoms with E-state index in [0.717, 1.165) is 49.7 Å². The normalized spacial score (nSPS) is 14.7. The molecule has 2 aromatic rings. The molecule has 0 radical (unpaired) electrons. The first-order chi connectivity index (χ1) is 15.5. The van der Waals surface area contributed by atoms with E-state index in [2.05, 4.69) is 20.5 Å². The van der Waals surface area contributed by atoms with Gasteiger partial charge in [0.25, 0.3) is 5.91 Å². The number of aliphatic imine (C=N–C) groups is 1. The van der Waals surface area contributed by atoms with Gasteiger partial charge in [0, 0.05) is 37.0 Å². The van der Waals surface area contributed by atoms with Crippen LogP contribution in [0.4, 0.5) is 5.69 Å². The maximum atomic E-state index is 12.9. The molecule has 1 aliphatic heterocycles. The van der Waals surface area contributed by atoms with Gasteiger partial charge in [0.1, 0.15) is 0 Å². The predicted octanol–water partition coefficient (Wildman–Crippen LogP) is 2.85. The summed E-state index contributed by atoms with van der Waals surface area (Å²) in [4.78, 5) is 19.8. The summed E-state index contributed by atoms with van der Waals surface area (Å²) in [5.74, 6) is 1.38. The van der Waals surface area contributed by atoms with Gasteiger partial charge in [0.2, 0.25) is 5.96 Å². The maximum Gasteiger partial charge on any atom is 0.257 e. The van der Waals surface area contributed by atoms with Crippen molar-refractivity contribution >= 4 is 17.6 Å². The smallest absolute Gasteiger partial charge is 0.257 e. The Kier molecular flexibility index (Phi) is 8.47. The number of hydrogen-bond donors (Lipinski definition) is 2. The van der Waals surface area contributed by atoms with E-state index in [1.54, 1.807) is 26.4 Å². The van der Waals surface area contributed by atoms with Crippen molar-refractivity contribution in [2.75, 3.05) is 58.9 Å². The van der Waals surface area contributed by atoms with Crippen molar-refractivity contribution in [2.24, 2.45) is 4.99 Å². The van der Waals surface area contributed by atoms with E-state index in [0.29, 0.717) is 29.6 Å². The van der Waals surface area contributed by atoms with E-state index in [1.165, 1.54) is 0 Å². The molecule has 0 spiro atoms. The lowest BCUT2D eigenvalue weighted by atomic mass is 10.1. The van der Waals surface area contributed by atoms with Gasteiger partial charge < -0.3 is 19.5 Å². The third-order valence-corrected chi connectivity index (χ3v) is 5.44. The number of amides is 1. The Morgan fingerprint density at radius 1 is 1.03 bits per heavy atom. The van der Waals surface area contributed by atoms with Crippen molar-refractivity contribution in [3.63, 3.8) is 0 Å². The molecule has 3 rings (SSSR count). The number of benzene rings is 2. The first-order valence-electron chi connectivity index (χ1n) is 10.7. The molecule has 1 aliphatic rings. The molecule has 2 N–H and O–H groups in total. The van der Waals surface area contributed by atoms with Crippen molar-refractivity contribution in [3.8, 4) is 11.5 Å². The molecule has 0 atom stereocenters. The highest BCUT2D eigenvalue weighted by Gasteiger charge is 2.13. The number of hydrogen-bond acceptors (Lipinski definition) is 6.